The van der Waals surface area contributed by atoms with Gasteiger partial charge < -0.3 is 9.47 Å². The van der Waals surface area contributed by atoms with Gasteiger partial charge in [0.15, 0.2) is 5.78 Å². The molecular weight excluding hydrogens is 360 g/mol. The Morgan fingerprint density at radius 2 is 1.62 bits per heavy atom. The zero-order valence-electron chi connectivity index (χ0n) is 16.8. The second-order valence-corrected chi connectivity index (χ2v) is 7.66. The Hall–Kier alpha value is -3.14. The quantitative estimate of drug-likeness (QED) is 0.558. The highest BCUT2D eigenvalue weighted by atomic mass is 16.2. The van der Waals surface area contributed by atoms with Crippen molar-refractivity contribution in [2.75, 3.05) is 6.54 Å². The second kappa shape index (κ2) is 8.48. The van der Waals surface area contributed by atoms with Gasteiger partial charge in [-0.1, -0.05) is 54.6 Å². The number of benzene rings is 2. The monoisotopic (exact) mass is 386 g/mol. The molecule has 0 N–H and O–H groups in total. The maximum Gasteiger partial charge on any atom is 0.223 e. The van der Waals surface area contributed by atoms with Crippen molar-refractivity contribution in [2.45, 2.75) is 31.7 Å². The number of aryl methyl sites for hydroxylation is 1. The SMILES string of the molecule is Cn1cccc1C1CCCN1C(=O)CCC(=O)c1ccc(-c2ccccc2)cc1. The molecule has 4 heteroatoms. The largest absolute Gasteiger partial charge is 0.353 e. The molecule has 1 saturated heterocycles. The minimum absolute atomic E-state index is 0.0209. The number of aromatic nitrogens is 1. The van der Waals surface area contributed by atoms with Crippen LogP contribution in [-0.2, 0) is 11.8 Å². The van der Waals surface area contributed by atoms with Gasteiger partial charge in [-0.2, -0.15) is 0 Å². The van der Waals surface area contributed by atoms with Gasteiger partial charge in [0.05, 0.1) is 6.04 Å². The lowest BCUT2D eigenvalue weighted by molar-refractivity contribution is -0.132. The minimum Gasteiger partial charge on any atom is -0.353 e. The normalized spacial score (nSPS) is 16.2. The highest BCUT2D eigenvalue weighted by Gasteiger charge is 2.31. The fraction of sp³-hybridized carbons (Fsp3) is 0.280. The molecule has 0 spiro atoms. The van der Waals surface area contributed by atoms with Gasteiger partial charge in [0, 0.05) is 43.9 Å². The lowest BCUT2D eigenvalue weighted by Crippen LogP contribution is -2.31. The third-order valence-electron chi connectivity index (χ3n) is 5.78. The van der Waals surface area contributed by atoms with Gasteiger partial charge in [-0.25, -0.2) is 0 Å². The topological polar surface area (TPSA) is 42.3 Å². The number of hydrogen-bond acceptors (Lipinski definition) is 2. The second-order valence-electron chi connectivity index (χ2n) is 7.66. The van der Waals surface area contributed by atoms with Crippen molar-refractivity contribution in [3.8, 4) is 11.1 Å². The van der Waals surface area contributed by atoms with Crippen molar-refractivity contribution in [2.24, 2.45) is 7.05 Å². The first kappa shape index (κ1) is 19.2. The van der Waals surface area contributed by atoms with Crippen LogP contribution in [0.3, 0.4) is 0 Å². The van der Waals surface area contributed by atoms with Gasteiger partial charge in [-0.05, 0) is 36.1 Å². The molecule has 29 heavy (non-hydrogen) atoms. The molecule has 4 nitrogen and oxygen atoms in total. The summed E-state index contributed by atoms with van der Waals surface area (Å²) < 4.78 is 2.08. The molecule has 2 heterocycles. The van der Waals surface area contributed by atoms with Gasteiger partial charge in [-0.3, -0.25) is 9.59 Å². The number of carbonyl (C=O) groups excluding carboxylic acids is 2. The summed E-state index contributed by atoms with van der Waals surface area (Å²) in [7, 11) is 2.01. The Labute approximate surface area is 171 Å². The highest BCUT2D eigenvalue weighted by Crippen LogP contribution is 2.32. The number of rotatable bonds is 6. The zero-order chi connectivity index (χ0) is 20.2. The number of nitrogens with zero attached hydrogens (tertiary/aromatic N) is 2. The molecule has 0 bridgehead atoms. The number of hydrogen-bond donors (Lipinski definition) is 0. The molecule has 1 aliphatic rings. The average Bonchev–Trinajstić information content (AvgIpc) is 3.41. The van der Waals surface area contributed by atoms with E-state index in [0.717, 1.165) is 30.5 Å². The van der Waals surface area contributed by atoms with Crippen LogP contribution in [0.4, 0.5) is 0 Å². The summed E-state index contributed by atoms with van der Waals surface area (Å²) in [5.74, 6) is 0.0931. The summed E-state index contributed by atoms with van der Waals surface area (Å²) in [6, 6.07) is 22.0. The Kier molecular flexibility index (Phi) is 5.61. The standard InChI is InChI=1S/C25H26N2O2/c1-26-17-5-9-22(26)23-10-6-18-27(23)25(29)16-15-24(28)21-13-11-20(12-14-21)19-7-3-2-4-8-19/h2-5,7-9,11-14,17,23H,6,10,15-16,18H2,1H3. The fourth-order valence-corrected chi connectivity index (χ4v) is 4.18. The molecule has 1 fully saturated rings. The molecule has 0 saturated carbocycles. The fourth-order valence-electron chi connectivity index (χ4n) is 4.18. The van der Waals surface area contributed by atoms with Crippen molar-refractivity contribution in [3.63, 3.8) is 0 Å². The molecule has 3 aromatic rings. The van der Waals surface area contributed by atoms with Crippen molar-refractivity contribution in [3.05, 3.63) is 84.2 Å². The van der Waals surface area contributed by atoms with E-state index < -0.39 is 0 Å². The van der Waals surface area contributed by atoms with Crippen molar-refractivity contribution >= 4 is 11.7 Å². The molecule has 1 aromatic heterocycles. The number of likely N-dealkylation sites (tertiary alicyclic amines) is 1. The Morgan fingerprint density at radius 1 is 0.897 bits per heavy atom. The van der Waals surface area contributed by atoms with Crippen LogP contribution >= 0.6 is 0 Å². The zero-order valence-corrected chi connectivity index (χ0v) is 16.8. The van der Waals surface area contributed by atoms with Gasteiger partial charge in [-0.15, -0.1) is 0 Å². The van der Waals surface area contributed by atoms with E-state index in [9.17, 15) is 9.59 Å². The summed E-state index contributed by atoms with van der Waals surface area (Å²) in [6.07, 6.45) is 4.52. The van der Waals surface area contributed by atoms with E-state index >= 15 is 0 Å². The van der Waals surface area contributed by atoms with E-state index in [0.29, 0.717) is 5.56 Å². The van der Waals surface area contributed by atoms with Crippen LogP contribution in [0.2, 0.25) is 0 Å². The minimum atomic E-state index is 0.0209. The number of ketones is 1. The number of Topliss-reactive ketones (excluding diaryl/α,β-unsaturated/α-hetero) is 1. The molecule has 148 valence electrons. The predicted molar refractivity (Wildman–Crippen MR) is 115 cm³/mol. The van der Waals surface area contributed by atoms with Crippen molar-refractivity contribution in [1.82, 2.24) is 9.47 Å². The van der Waals surface area contributed by atoms with Crippen molar-refractivity contribution in [1.29, 1.82) is 0 Å². The third kappa shape index (κ3) is 4.16. The van der Waals surface area contributed by atoms with E-state index in [1.54, 1.807) is 0 Å². The van der Waals surface area contributed by atoms with Crippen LogP contribution in [0.5, 0.6) is 0 Å². The molecule has 1 atom stereocenters. The van der Waals surface area contributed by atoms with E-state index in [4.69, 9.17) is 0 Å². The summed E-state index contributed by atoms with van der Waals surface area (Å²) in [6.45, 7) is 0.772. The third-order valence-corrected chi connectivity index (χ3v) is 5.78. The summed E-state index contributed by atoms with van der Waals surface area (Å²) in [4.78, 5) is 27.3. The van der Waals surface area contributed by atoms with Crippen LogP contribution in [0.25, 0.3) is 11.1 Å². The van der Waals surface area contributed by atoms with Crippen LogP contribution in [0, 0.1) is 0 Å². The van der Waals surface area contributed by atoms with E-state index in [-0.39, 0.29) is 30.6 Å². The first-order valence-corrected chi connectivity index (χ1v) is 10.2. The summed E-state index contributed by atoms with van der Waals surface area (Å²) in [5, 5.41) is 0. The smallest absolute Gasteiger partial charge is 0.223 e. The molecule has 4 rings (SSSR count). The Balaban J connectivity index is 1.37. The van der Waals surface area contributed by atoms with Gasteiger partial charge >= 0.3 is 0 Å². The van der Waals surface area contributed by atoms with Gasteiger partial charge in [0.25, 0.3) is 0 Å². The molecule has 1 unspecified atom stereocenters. The first-order valence-electron chi connectivity index (χ1n) is 10.2. The average molecular weight is 386 g/mol. The summed E-state index contributed by atoms with van der Waals surface area (Å²) in [5.41, 5.74) is 4.04. The molecular formula is C25H26N2O2. The molecule has 1 aliphatic heterocycles. The Bertz CT molecular complexity index is 989. The van der Waals surface area contributed by atoms with Crippen molar-refractivity contribution < 1.29 is 9.59 Å². The van der Waals surface area contributed by atoms with Crippen LogP contribution < -0.4 is 0 Å². The maximum absolute atomic E-state index is 12.8. The molecule has 0 aliphatic carbocycles. The predicted octanol–water partition coefficient (Wildman–Crippen LogP) is 5.02. The van der Waals surface area contributed by atoms with E-state index in [1.807, 2.05) is 66.7 Å². The molecule has 1 amide bonds. The van der Waals surface area contributed by atoms with E-state index in [1.165, 1.54) is 5.69 Å². The van der Waals surface area contributed by atoms with Gasteiger partial charge in [0.1, 0.15) is 0 Å². The van der Waals surface area contributed by atoms with Crippen LogP contribution in [0.15, 0.2) is 72.9 Å². The molecule has 2 aromatic carbocycles. The summed E-state index contributed by atoms with van der Waals surface area (Å²) >= 11 is 0. The van der Waals surface area contributed by atoms with Gasteiger partial charge in [0.2, 0.25) is 5.91 Å². The van der Waals surface area contributed by atoms with Crippen LogP contribution in [0.1, 0.15) is 47.8 Å². The molecule has 0 radical (unpaired) electrons. The van der Waals surface area contributed by atoms with Crippen LogP contribution in [-0.4, -0.2) is 27.7 Å². The highest BCUT2D eigenvalue weighted by molar-refractivity contribution is 5.98. The number of carbonyl (C=O) groups is 2. The first-order chi connectivity index (χ1) is 14.1. The lowest BCUT2D eigenvalue weighted by Gasteiger charge is -2.25. The lowest BCUT2D eigenvalue weighted by atomic mass is 10.0. The van der Waals surface area contributed by atoms with E-state index in [2.05, 4.69) is 22.8 Å². The Morgan fingerprint density at radius 3 is 2.31 bits per heavy atom. The number of amides is 1. The maximum atomic E-state index is 12.8.